The van der Waals surface area contributed by atoms with Gasteiger partial charge in [-0.15, -0.1) is 0 Å². The van der Waals surface area contributed by atoms with Crippen molar-refractivity contribution in [2.24, 2.45) is 5.41 Å². The number of hydrogen-bond acceptors (Lipinski definition) is 3. The molecule has 108 valence electrons. The molecule has 0 aromatic heterocycles. The van der Waals surface area contributed by atoms with Crippen molar-refractivity contribution in [3.05, 3.63) is 29.8 Å². The largest absolute Gasteiger partial charge is 0.326 e. The smallest absolute Gasteiger partial charge is 0.231 e. The molecule has 1 aromatic rings. The second kappa shape index (κ2) is 6.18. The van der Waals surface area contributed by atoms with Crippen LogP contribution >= 0.6 is 0 Å². The molecule has 2 N–H and O–H groups in total. The van der Waals surface area contributed by atoms with Gasteiger partial charge in [-0.3, -0.25) is 9.59 Å². The molecule has 0 radical (unpaired) electrons. The maximum absolute atomic E-state index is 12.5. The summed E-state index contributed by atoms with van der Waals surface area (Å²) in [6, 6.07) is 7.06. The van der Waals surface area contributed by atoms with Gasteiger partial charge >= 0.3 is 0 Å². The molecule has 1 amide bonds. The topological polar surface area (TPSA) is 58.2 Å². The lowest BCUT2D eigenvalue weighted by Gasteiger charge is -2.35. The first-order valence-electron chi connectivity index (χ1n) is 7.20. The zero-order valence-corrected chi connectivity index (χ0v) is 12.2. The Kier molecular flexibility index (Phi) is 4.55. The maximum Gasteiger partial charge on any atom is 0.231 e. The van der Waals surface area contributed by atoms with Gasteiger partial charge in [0.1, 0.15) is 0 Å². The molecule has 0 aliphatic carbocycles. The van der Waals surface area contributed by atoms with Crippen LogP contribution in [0.3, 0.4) is 0 Å². The monoisotopic (exact) mass is 274 g/mol. The SMILES string of the molecule is CCC1(C(=O)Nc2ccc(C(C)=O)cc2)CCCNC1. The third kappa shape index (κ3) is 3.07. The van der Waals surface area contributed by atoms with E-state index in [0.717, 1.165) is 38.0 Å². The van der Waals surface area contributed by atoms with Crippen LogP contribution in [-0.2, 0) is 4.79 Å². The van der Waals surface area contributed by atoms with E-state index in [-0.39, 0.29) is 17.1 Å². The van der Waals surface area contributed by atoms with Crippen molar-refractivity contribution in [3.63, 3.8) is 0 Å². The Morgan fingerprint density at radius 2 is 2.00 bits per heavy atom. The third-order valence-electron chi connectivity index (χ3n) is 4.18. The lowest BCUT2D eigenvalue weighted by Crippen LogP contribution is -2.47. The van der Waals surface area contributed by atoms with E-state index in [1.807, 2.05) is 0 Å². The average Bonchev–Trinajstić information content (AvgIpc) is 2.48. The number of Topliss-reactive ketones (excluding diaryl/α,β-unsaturated/α-hetero) is 1. The van der Waals surface area contributed by atoms with Crippen LogP contribution in [0, 0.1) is 5.41 Å². The predicted octanol–water partition coefficient (Wildman–Crippen LogP) is 2.61. The van der Waals surface area contributed by atoms with Crippen molar-refractivity contribution >= 4 is 17.4 Å². The van der Waals surface area contributed by atoms with Gasteiger partial charge in [0.25, 0.3) is 0 Å². The van der Waals surface area contributed by atoms with E-state index < -0.39 is 0 Å². The lowest BCUT2D eigenvalue weighted by molar-refractivity contribution is -0.126. The van der Waals surface area contributed by atoms with Gasteiger partial charge in [0.05, 0.1) is 5.41 Å². The summed E-state index contributed by atoms with van der Waals surface area (Å²) < 4.78 is 0. The van der Waals surface area contributed by atoms with Crippen molar-refractivity contribution in [1.82, 2.24) is 5.32 Å². The van der Waals surface area contributed by atoms with Gasteiger partial charge in [-0.25, -0.2) is 0 Å². The molecule has 0 spiro atoms. The molecule has 1 aromatic carbocycles. The fraction of sp³-hybridized carbons (Fsp3) is 0.500. The fourth-order valence-corrected chi connectivity index (χ4v) is 2.68. The Morgan fingerprint density at radius 3 is 2.50 bits per heavy atom. The van der Waals surface area contributed by atoms with Crippen LogP contribution in [0.25, 0.3) is 0 Å². The summed E-state index contributed by atoms with van der Waals surface area (Å²) in [6.07, 6.45) is 2.79. The number of anilines is 1. The molecule has 20 heavy (non-hydrogen) atoms. The van der Waals surface area contributed by atoms with E-state index in [1.54, 1.807) is 24.3 Å². The van der Waals surface area contributed by atoms with Gasteiger partial charge in [-0.1, -0.05) is 6.92 Å². The minimum Gasteiger partial charge on any atom is -0.326 e. The standard InChI is InChI=1S/C16H22N2O2/c1-3-16(9-4-10-17-11-16)15(20)18-14-7-5-13(6-8-14)12(2)19/h5-8,17H,3-4,9-11H2,1-2H3,(H,18,20). The van der Waals surface area contributed by atoms with Crippen LogP contribution in [0.5, 0.6) is 0 Å². The van der Waals surface area contributed by atoms with Gasteiger partial charge in [0, 0.05) is 17.8 Å². The molecule has 1 unspecified atom stereocenters. The predicted molar refractivity (Wildman–Crippen MR) is 79.9 cm³/mol. The van der Waals surface area contributed by atoms with E-state index >= 15 is 0 Å². The number of nitrogens with one attached hydrogen (secondary N) is 2. The van der Waals surface area contributed by atoms with E-state index in [2.05, 4.69) is 17.6 Å². The number of benzene rings is 1. The Bertz CT molecular complexity index is 488. The molecule has 1 aliphatic rings. The molecule has 1 saturated heterocycles. The molecule has 1 atom stereocenters. The van der Waals surface area contributed by atoms with Crippen LogP contribution < -0.4 is 10.6 Å². The summed E-state index contributed by atoms with van der Waals surface area (Å²) >= 11 is 0. The van der Waals surface area contributed by atoms with E-state index in [4.69, 9.17) is 0 Å². The lowest BCUT2D eigenvalue weighted by atomic mass is 9.77. The number of carbonyl (C=O) groups is 2. The van der Waals surface area contributed by atoms with Gasteiger partial charge in [0.15, 0.2) is 5.78 Å². The first-order chi connectivity index (χ1) is 9.57. The Hall–Kier alpha value is -1.68. The van der Waals surface area contributed by atoms with E-state index in [9.17, 15) is 9.59 Å². The van der Waals surface area contributed by atoms with Crippen molar-refractivity contribution in [2.75, 3.05) is 18.4 Å². The molecular weight excluding hydrogens is 252 g/mol. The second-order valence-electron chi connectivity index (χ2n) is 5.50. The number of rotatable bonds is 4. The Labute approximate surface area is 119 Å². The highest BCUT2D eigenvalue weighted by Gasteiger charge is 2.37. The first-order valence-corrected chi connectivity index (χ1v) is 7.20. The highest BCUT2D eigenvalue weighted by molar-refractivity contribution is 5.97. The molecule has 0 saturated carbocycles. The van der Waals surface area contributed by atoms with Crippen LogP contribution in [0.2, 0.25) is 0 Å². The number of piperidine rings is 1. The Morgan fingerprint density at radius 1 is 1.30 bits per heavy atom. The van der Waals surface area contributed by atoms with Crippen LogP contribution in [0.1, 0.15) is 43.5 Å². The summed E-state index contributed by atoms with van der Waals surface area (Å²) in [4.78, 5) is 23.7. The summed E-state index contributed by atoms with van der Waals surface area (Å²) in [5.74, 6) is 0.104. The van der Waals surface area contributed by atoms with Gasteiger partial charge in [-0.05, 0) is 57.0 Å². The minimum absolute atomic E-state index is 0.0318. The minimum atomic E-state index is -0.308. The third-order valence-corrected chi connectivity index (χ3v) is 4.18. The maximum atomic E-state index is 12.5. The fourth-order valence-electron chi connectivity index (χ4n) is 2.68. The molecule has 0 bridgehead atoms. The molecular formula is C16H22N2O2. The quantitative estimate of drug-likeness (QED) is 0.830. The number of ketones is 1. The number of carbonyl (C=O) groups excluding carboxylic acids is 2. The molecule has 1 fully saturated rings. The van der Waals surface area contributed by atoms with Crippen molar-refractivity contribution in [1.29, 1.82) is 0 Å². The summed E-state index contributed by atoms with van der Waals surface area (Å²) in [5, 5.41) is 6.29. The summed E-state index contributed by atoms with van der Waals surface area (Å²) in [7, 11) is 0. The number of amides is 1. The molecule has 4 heteroatoms. The van der Waals surface area contributed by atoms with Gasteiger partial charge in [0.2, 0.25) is 5.91 Å². The Balaban J connectivity index is 2.08. The second-order valence-corrected chi connectivity index (χ2v) is 5.50. The zero-order valence-electron chi connectivity index (χ0n) is 12.2. The van der Waals surface area contributed by atoms with Crippen molar-refractivity contribution in [2.45, 2.75) is 33.1 Å². The zero-order chi connectivity index (χ0) is 14.6. The molecule has 1 aliphatic heterocycles. The van der Waals surface area contributed by atoms with Gasteiger partial charge < -0.3 is 10.6 Å². The summed E-state index contributed by atoms with van der Waals surface area (Å²) in [5.41, 5.74) is 1.10. The number of hydrogen-bond donors (Lipinski definition) is 2. The van der Waals surface area contributed by atoms with Crippen LogP contribution in [-0.4, -0.2) is 24.8 Å². The normalized spacial score (nSPS) is 22.3. The summed E-state index contributed by atoms with van der Waals surface area (Å²) in [6.45, 7) is 5.32. The highest BCUT2D eigenvalue weighted by Crippen LogP contribution is 2.31. The van der Waals surface area contributed by atoms with Crippen LogP contribution in [0.4, 0.5) is 5.69 Å². The molecule has 2 rings (SSSR count). The van der Waals surface area contributed by atoms with Gasteiger partial charge in [-0.2, -0.15) is 0 Å². The van der Waals surface area contributed by atoms with E-state index in [0.29, 0.717) is 5.56 Å². The van der Waals surface area contributed by atoms with Crippen molar-refractivity contribution < 1.29 is 9.59 Å². The first kappa shape index (κ1) is 14.7. The van der Waals surface area contributed by atoms with Crippen LogP contribution in [0.15, 0.2) is 24.3 Å². The molecule has 4 nitrogen and oxygen atoms in total. The van der Waals surface area contributed by atoms with E-state index in [1.165, 1.54) is 6.92 Å². The molecule has 1 heterocycles. The van der Waals surface area contributed by atoms with Crippen molar-refractivity contribution in [3.8, 4) is 0 Å². The average molecular weight is 274 g/mol. The highest BCUT2D eigenvalue weighted by atomic mass is 16.2.